The zero-order valence-electron chi connectivity index (χ0n) is 13.9. The number of piperidine rings is 1. The SMILES string of the molecule is CNC1CCN(C(=O)c2cnc(-c3ccc4c(c3)OCO4)s2)CC1.Cl. The Kier molecular flexibility index (Phi) is 5.46. The summed E-state index contributed by atoms with van der Waals surface area (Å²) in [4.78, 5) is 19.7. The van der Waals surface area contributed by atoms with Crippen LogP contribution in [-0.4, -0.2) is 48.8 Å². The van der Waals surface area contributed by atoms with Crippen molar-refractivity contribution in [2.45, 2.75) is 18.9 Å². The van der Waals surface area contributed by atoms with Gasteiger partial charge >= 0.3 is 0 Å². The summed E-state index contributed by atoms with van der Waals surface area (Å²) in [6.45, 7) is 1.84. The predicted octanol–water partition coefficient (Wildman–Crippen LogP) is 2.78. The fourth-order valence-corrected chi connectivity index (χ4v) is 3.94. The van der Waals surface area contributed by atoms with Gasteiger partial charge in [0.1, 0.15) is 9.88 Å². The maximum absolute atomic E-state index is 12.7. The summed E-state index contributed by atoms with van der Waals surface area (Å²) >= 11 is 1.43. The van der Waals surface area contributed by atoms with E-state index in [1.807, 2.05) is 30.1 Å². The first kappa shape index (κ1) is 18.0. The minimum absolute atomic E-state index is 0. The molecule has 0 aliphatic carbocycles. The normalized spacial score (nSPS) is 16.6. The van der Waals surface area contributed by atoms with Crippen molar-refractivity contribution in [3.8, 4) is 22.1 Å². The summed E-state index contributed by atoms with van der Waals surface area (Å²) in [7, 11) is 1.98. The topological polar surface area (TPSA) is 63.7 Å². The highest BCUT2D eigenvalue weighted by atomic mass is 35.5. The molecule has 2 aliphatic rings. The van der Waals surface area contributed by atoms with Gasteiger partial charge in [0.2, 0.25) is 6.79 Å². The second-order valence-corrected chi connectivity index (χ2v) is 6.98. The van der Waals surface area contributed by atoms with Crippen LogP contribution in [0.15, 0.2) is 24.4 Å². The summed E-state index contributed by atoms with van der Waals surface area (Å²) in [5.41, 5.74) is 0.942. The molecule has 3 heterocycles. The summed E-state index contributed by atoms with van der Waals surface area (Å²) in [6, 6.07) is 6.25. The van der Waals surface area contributed by atoms with Crippen molar-refractivity contribution in [3.63, 3.8) is 0 Å². The van der Waals surface area contributed by atoms with Crippen molar-refractivity contribution >= 4 is 29.7 Å². The van der Waals surface area contributed by atoms with E-state index in [-0.39, 0.29) is 25.1 Å². The summed E-state index contributed by atoms with van der Waals surface area (Å²) in [6.07, 6.45) is 3.67. The molecule has 1 amide bonds. The molecule has 0 spiro atoms. The summed E-state index contributed by atoms with van der Waals surface area (Å²) in [5, 5.41) is 4.10. The molecule has 0 bridgehead atoms. The van der Waals surface area contributed by atoms with Gasteiger partial charge in [0.25, 0.3) is 5.91 Å². The highest BCUT2D eigenvalue weighted by Crippen LogP contribution is 2.37. The van der Waals surface area contributed by atoms with Gasteiger partial charge < -0.3 is 19.7 Å². The van der Waals surface area contributed by atoms with Crippen LogP contribution in [0.1, 0.15) is 22.5 Å². The largest absolute Gasteiger partial charge is 0.454 e. The number of likely N-dealkylation sites (tertiary alicyclic amines) is 1. The summed E-state index contributed by atoms with van der Waals surface area (Å²) in [5.74, 6) is 1.55. The standard InChI is InChI=1S/C17H19N3O3S.ClH/c1-18-12-4-6-20(7-5-12)17(21)15-9-19-16(24-15)11-2-3-13-14(8-11)23-10-22-13;/h2-3,8-9,12,18H,4-7,10H2,1H3;1H. The van der Waals surface area contributed by atoms with E-state index in [0.717, 1.165) is 48.0 Å². The van der Waals surface area contributed by atoms with Gasteiger partial charge in [-0.2, -0.15) is 0 Å². The third kappa shape index (κ3) is 3.58. The van der Waals surface area contributed by atoms with E-state index in [9.17, 15) is 4.79 Å². The second kappa shape index (κ2) is 7.59. The molecule has 6 nitrogen and oxygen atoms in total. The molecule has 1 fully saturated rings. The molecule has 0 saturated carbocycles. The van der Waals surface area contributed by atoms with Crippen LogP contribution in [0.2, 0.25) is 0 Å². The molecule has 0 radical (unpaired) electrons. The molecule has 8 heteroatoms. The Balaban J connectivity index is 0.00000182. The molecule has 0 atom stereocenters. The fourth-order valence-electron chi connectivity index (χ4n) is 3.06. The summed E-state index contributed by atoms with van der Waals surface area (Å²) < 4.78 is 10.7. The van der Waals surface area contributed by atoms with E-state index in [1.54, 1.807) is 6.20 Å². The molecule has 1 aromatic carbocycles. The molecular weight excluding hydrogens is 362 g/mol. The van der Waals surface area contributed by atoms with Gasteiger partial charge in [0.15, 0.2) is 11.5 Å². The lowest BCUT2D eigenvalue weighted by molar-refractivity contribution is 0.0712. The number of rotatable bonds is 3. The van der Waals surface area contributed by atoms with Crippen molar-refractivity contribution in [3.05, 3.63) is 29.3 Å². The Morgan fingerprint density at radius 1 is 1.28 bits per heavy atom. The number of carbonyl (C=O) groups is 1. The zero-order chi connectivity index (χ0) is 16.5. The quantitative estimate of drug-likeness (QED) is 0.885. The number of nitrogens with one attached hydrogen (secondary N) is 1. The zero-order valence-corrected chi connectivity index (χ0v) is 15.5. The third-order valence-electron chi connectivity index (χ3n) is 4.53. The smallest absolute Gasteiger partial charge is 0.265 e. The molecule has 1 saturated heterocycles. The highest BCUT2D eigenvalue weighted by molar-refractivity contribution is 7.16. The van der Waals surface area contributed by atoms with Crippen LogP contribution in [-0.2, 0) is 0 Å². The first-order chi connectivity index (χ1) is 11.7. The number of ether oxygens (including phenoxy) is 2. The van der Waals surface area contributed by atoms with Gasteiger partial charge in [-0.3, -0.25) is 4.79 Å². The van der Waals surface area contributed by atoms with E-state index in [1.165, 1.54) is 11.3 Å². The van der Waals surface area contributed by atoms with Gasteiger partial charge in [0.05, 0.1) is 6.20 Å². The number of aromatic nitrogens is 1. The predicted molar refractivity (Wildman–Crippen MR) is 98.9 cm³/mol. The van der Waals surface area contributed by atoms with Crippen LogP contribution in [0, 0.1) is 0 Å². The monoisotopic (exact) mass is 381 g/mol. The van der Waals surface area contributed by atoms with Gasteiger partial charge in [0, 0.05) is 24.7 Å². The van der Waals surface area contributed by atoms with E-state index >= 15 is 0 Å². The number of hydrogen-bond acceptors (Lipinski definition) is 6. The molecule has 4 rings (SSSR count). The Bertz CT molecular complexity index is 759. The maximum atomic E-state index is 12.7. The van der Waals surface area contributed by atoms with Gasteiger partial charge in [-0.25, -0.2) is 4.98 Å². The number of halogens is 1. The number of thiazole rings is 1. The van der Waals surface area contributed by atoms with Crippen molar-refractivity contribution in [2.24, 2.45) is 0 Å². The number of hydrogen-bond donors (Lipinski definition) is 1. The second-order valence-electron chi connectivity index (χ2n) is 5.95. The molecule has 1 N–H and O–H groups in total. The van der Waals surface area contributed by atoms with Crippen LogP contribution in [0.3, 0.4) is 0 Å². The lowest BCUT2D eigenvalue weighted by Gasteiger charge is -2.31. The minimum atomic E-state index is 0. The Hall–Kier alpha value is -1.83. The molecule has 0 unspecified atom stereocenters. The molecule has 2 aliphatic heterocycles. The van der Waals surface area contributed by atoms with Crippen molar-refractivity contribution in [2.75, 3.05) is 26.9 Å². The maximum Gasteiger partial charge on any atom is 0.265 e. The first-order valence-electron chi connectivity index (χ1n) is 8.07. The highest BCUT2D eigenvalue weighted by Gasteiger charge is 2.24. The van der Waals surface area contributed by atoms with E-state index in [0.29, 0.717) is 10.9 Å². The van der Waals surface area contributed by atoms with E-state index in [2.05, 4.69) is 10.3 Å². The number of amides is 1. The van der Waals surface area contributed by atoms with Gasteiger partial charge in [-0.15, -0.1) is 23.7 Å². The average molecular weight is 382 g/mol. The van der Waals surface area contributed by atoms with Crippen LogP contribution in [0.4, 0.5) is 0 Å². The van der Waals surface area contributed by atoms with Crippen molar-refractivity contribution in [1.82, 2.24) is 15.2 Å². The van der Waals surface area contributed by atoms with Crippen molar-refractivity contribution in [1.29, 1.82) is 0 Å². The van der Waals surface area contributed by atoms with Gasteiger partial charge in [-0.1, -0.05) is 0 Å². The number of carbonyl (C=O) groups excluding carboxylic acids is 1. The lowest BCUT2D eigenvalue weighted by Crippen LogP contribution is -2.43. The van der Waals surface area contributed by atoms with Crippen molar-refractivity contribution < 1.29 is 14.3 Å². The first-order valence-corrected chi connectivity index (χ1v) is 8.88. The van der Waals surface area contributed by atoms with Crippen LogP contribution in [0.25, 0.3) is 10.6 Å². The Morgan fingerprint density at radius 2 is 2.04 bits per heavy atom. The number of fused-ring (bicyclic) bond motifs is 1. The lowest BCUT2D eigenvalue weighted by atomic mass is 10.1. The van der Waals surface area contributed by atoms with E-state index < -0.39 is 0 Å². The van der Waals surface area contributed by atoms with Gasteiger partial charge in [-0.05, 0) is 38.1 Å². The molecule has 134 valence electrons. The molecule has 25 heavy (non-hydrogen) atoms. The molecular formula is C17H20ClN3O3S. The average Bonchev–Trinajstić information content (AvgIpc) is 3.29. The van der Waals surface area contributed by atoms with Crippen LogP contribution < -0.4 is 14.8 Å². The Labute approximate surface area is 156 Å². The molecule has 1 aromatic heterocycles. The number of nitrogens with zero attached hydrogens (tertiary/aromatic N) is 2. The third-order valence-corrected chi connectivity index (χ3v) is 5.56. The minimum Gasteiger partial charge on any atom is -0.454 e. The molecule has 2 aromatic rings. The van der Waals surface area contributed by atoms with Crippen LogP contribution in [0.5, 0.6) is 11.5 Å². The number of benzene rings is 1. The van der Waals surface area contributed by atoms with E-state index in [4.69, 9.17) is 9.47 Å². The fraction of sp³-hybridized carbons (Fsp3) is 0.412. The van der Waals surface area contributed by atoms with Crippen LogP contribution >= 0.6 is 23.7 Å². The Morgan fingerprint density at radius 3 is 2.80 bits per heavy atom.